The lowest BCUT2D eigenvalue weighted by Gasteiger charge is -2.23. The number of alkyl halides is 2. The van der Waals surface area contributed by atoms with Gasteiger partial charge in [0.05, 0.1) is 5.02 Å². The van der Waals surface area contributed by atoms with E-state index in [1.807, 2.05) is 0 Å². The fraction of sp³-hybridized carbons (Fsp3) is 0.455. The Morgan fingerprint density at radius 1 is 1.20 bits per heavy atom. The fourth-order valence-electron chi connectivity index (χ4n) is 1.51. The Balaban J connectivity index is 3.49. The van der Waals surface area contributed by atoms with E-state index in [2.05, 4.69) is 0 Å². The molecule has 0 heterocycles. The van der Waals surface area contributed by atoms with E-state index < -0.39 is 17.7 Å². The average molecular weight is 237 g/mol. The highest BCUT2D eigenvalue weighted by Crippen LogP contribution is 2.36. The van der Waals surface area contributed by atoms with Crippen LogP contribution in [0.1, 0.15) is 38.3 Å². The van der Waals surface area contributed by atoms with Crippen molar-refractivity contribution in [2.75, 3.05) is 0 Å². The van der Waals surface area contributed by atoms with Crippen LogP contribution < -0.4 is 0 Å². The summed E-state index contributed by atoms with van der Waals surface area (Å²) in [5.41, 5.74) is -0.991. The van der Waals surface area contributed by atoms with E-state index in [0.717, 1.165) is 6.07 Å². The fourth-order valence-corrected chi connectivity index (χ4v) is 1.67. The van der Waals surface area contributed by atoms with Gasteiger partial charge in [-0.1, -0.05) is 38.4 Å². The van der Waals surface area contributed by atoms with E-state index in [4.69, 9.17) is 11.6 Å². The van der Waals surface area contributed by atoms with Gasteiger partial charge in [0.15, 0.2) is 0 Å². The molecule has 0 saturated carbocycles. The molecule has 1 rings (SSSR count). The summed E-state index contributed by atoms with van der Waals surface area (Å²) in [5.74, 6) is -0.748. The van der Waals surface area contributed by atoms with Crippen LogP contribution in [0, 0.1) is 5.82 Å². The molecular formula is C11H12ClF3. The van der Waals surface area contributed by atoms with E-state index in [1.54, 1.807) is 20.8 Å². The normalized spacial score (nSPS) is 12.3. The third-order valence-corrected chi connectivity index (χ3v) is 2.40. The van der Waals surface area contributed by atoms with Crippen molar-refractivity contribution in [1.82, 2.24) is 0 Å². The molecule has 0 aromatic heterocycles. The molecule has 4 heteroatoms. The van der Waals surface area contributed by atoms with Crippen molar-refractivity contribution in [2.24, 2.45) is 0 Å². The van der Waals surface area contributed by atoms with Gasteiger partial charge in [-0.2, -0.15) is 0 Å². The molecule has 0 fully saturated rings. The van der Waals surface area contributed by atoms with E-state index in [9.17, 15) is 13.2 Å². The van der Waals surface area contributed by atoms with Crippen LogP contribution >= 0.6 is 11.6 Å². The number of hydrogen-bond donors (Lipinski definition) is 0. The number of halogens is 4. The van der Waals surface area contributed by atoms with Crippen molar-refractivity contribution in [3.8, 4) is 0 Å². The van der Waals surface area contributed by atoms with Crippen LogP contribution in [0.15, 0.2) is 12.1 Å². The Morgan fingerprint density at radius 3 is 2.13 bits per heavy atom. The van der Waals surface area contributed by atoms with Gasteiger partial charge in [0.25, 0.3) is 6.43 Å². The minimum absolute atomic E-state index is 0.00926. The molecule has 0 spiro atoms. The third-order valence-electron chi connectivity index (χ3n) is 2.11. The van der Waals surface area contributed by atoms with Crippen LogP contribution in [-0.4, -0.2) is 0 Å². The molecule has 0 atom stereocenters. The molecular weight excluding hydrogens is 225 g/mol. The molecule has 0 N–H and O–H groups in total. The molecule has 0 bridgehead atoms. The monoisotopic (exact) mass is 236 g/mol. The second-order valence-electron chi connectivity index (χ2n) is 4.38. The highest BCUT2D eigenvalue weighted by Gasteiger charge is 2.27. The van der Waals surface area contributed by atoms with Crippen molar-refractivity contribution in [2.45, 2.75) is 32.6 Å². The summed E-state index contributed by atoms with van der Waals surface area (Å²) < 4.78 is 39.0. The molecule has 0 aliphatic carbocycles. The smallest absolute Gasteiger partial charge is 0.205 e. The lowest BCUT2D eigenvalue weighted by Crippen LogP contribution is -2.17. The molecule has 15 heavy (non-hydrogen) atoms. The molecule has 0 aliphatic heterocycles. The molecule has 0 saturated heterocycles. The van der Waals surface area contributed by atoms with Gasteiger partial charge in [-0.3, -0.25) is 0 Å². The zero-order valence-corrected chi connectivity index (χ0v) is 9.50. The number of rotatable bonds is 1. The zero-order chi connectivity index (χ0) is 11.8. The van der Waals surface area contributed by atoms with E-state index in [1.165, 1.54) is 6.07 Å². The molecule has 0 aliphatic rings. The van der Waals surface area contributed by atoms with Gasteiger partial charge in [0, 0.05) is 11.1 Å². The molecule has 0 nitrogen and oxygen atoms in total. The molecule has 1 aromatic carbocycles. The van der Waals surface area contributed by atoms with Crippen LogP contribution in [0.3, 0.4) is 0 Å². The largest absolute Gasteiger partial charge is 0.264 e. The van der Waals surface area contributed by atoms with Gasteiger partial charge in [0.1, 0.15) is 5.82 Å². The first-order valence-electron chi connectivity index (χ1n) is 4.51. The predicted molar refractivity (Wildman–Crippen MR) is 55.1 cm³/mol. The Hall–Kier alpha value is -0.700. The first-order chi connectivity index (χ1) is 6.75. The quantitative estimate of drug-likeness (QED) is 0.662. The van der Waals surface area contributed by atoms with Gasteiger partial charge >= 0.3 is 0 Å². The summed E-state index contributed by atoms with van der Waals surface area (Å²) in [6, 6.07) is 2.34. The summed E-state index contributed by atoms with van der Waals surface area (Å²) in [4.78, 5) is 0. The maximum atomic E-state index is 13.7. The lowest BCUT2D eigenvalue weighted by molar-refractivity contribution is 0.148. The van der Waals surface area contributed by atoms with Gasteiger partial charge in [-0.05, 0) is 11.5 Å². The number of hydrogen-bond acceptors (Lipinski definition) is 0. The van der Waals surface area contributed by atoms with Crippen molar-refractivity contribution >= 4 is 11.6 Å². The highest BCUT2D eigenvalue weighted by atomic mass is 35.5. The maximum absolute atomic E-state index is 13.7. The molecule has 0 amide bonds. The van der Waals surface area contributed by atoms with Gasteiger partial charge < -0.3 is 0 Å². The predicted octanol–water partition coefficient (Wildman–Crippen LogP) is 4.71. The summed E-state index contributed by atoms with van der Waals surface area (Å²) in [5, 5.41) is -0.121. The zero-order valence-electron chi connectivity index (χ0n) is 8.74. The van der Waals surface area contributed by atoms with Gasteiger partial charge in [-0.25, -0.2) is 13.2 Å². The maximum Gasteiger partial charge on any atom is 0.264 e. The Kier molecular flexibility index (Phi) is 3.34. The lowest BCUT2D eigenvalue weighted by atomic mass is 9.83. The van der Waals surface area contributed by atoms with Crippen molar-refractivity contribution in [3.05, 3.63) is 34.1 Å². The third kappa shape index (κ3) is 2.46. The van der Waals surface area contributed by atoms with Crippen molar-refractivity contribution < 1.29 is 13.2 Å². The first-order valence-corrected chi connectivity index (χ1v) is 4.89. The molecule has 84 valence electrons. The Labute approximate surface area is 92.1 Å². The minimum Gasteiger partial charge on any atom is -0.205 e. The average Bonchev–Trinajstić information content (AvgIpc) is 2.06. The van der Waals surface area contributed by atoms with Crippen LogP contribution in [-0.2, 0) is 5.41 Å². The summed E-state index contributed by atoms with van der Waals surface area (Å²) in [6.07, 6.45) is -2.69. The van der Waals surface area contributed by atoms with Gasteiger partial charge in [-0.15, -0.1) is 0 Å². The van der Waals surface area contributed by atoms with Crippen LogP contribution in [0.2, 0.25) is 5.02 Å². The van der Waals surface area contributed by atoms with Crippen LogP contribution in [0.25, 0.3) is 0 Å². The van der Waals surface area contributed by atoms with Crippen LogP contribution in [0.4, 0.5) is 13.2 Å². The van der Waals surface area contributed by atoms with Gasteiger partial charge in [0.2, 0.25) is 0 Å². The first kappa shape index (κ1) is 12.4. The molecule has 0 unspecified atom stereocenters. The van der Waals surface area contributed by atoms with E-state index >= 15 is 0 Å². The number of benzene rings is 1. The van der Waals surface area contributed by atoms with Crippen molar-refractivity contribution in [3.63, 3.8) is 0 Å². The highest BCUT2D eigenvalue weighted by molar-refractivity contribution is 6.30. The van der Waals surface area contributed by atoms with Crippen LogP contribution in [0.5, 0.6) is 0 Å². The molecule has 0 radical (unpaired) electrons. The topological polar surface area (TPSA) is 0 Å². The second-order valence-corrected chi connectivity index (χ2v) is 4.78. The Morgan fingerprint density at radius 2 is 1.73 bits per heavy atom. The van der Waals surface area contributed by atoms with E-state index in [-0.39, 0.29) is 16.1 Å². The summed E-state index contributed by atoms with van der Waals surface area (Å²) >= 11 is 5.58. The standard InChI is InChI=1S/C11H12ClF3/c1-11(2,3)8-6(10(14)15)4-5-7(12)9(8)13/h4-5,10H,1-3H3. The summed E-state index contributed by atoms with van der Waals surface area (Å²) in [6.45, 7) is 5.02. The SMILES string of the molecule is CC(C)(C)c1c(C(F)F)ccc(Cl)c1F. The van der Waals surface area contributed by atoms with Crippen molar-refractivity contribution in [1.29, 1.82) is 0 Å². The summed E-state index contributed by atoms with van der Waals surface area (Å²) in [7, 11) is 0. The second kappa shape index (κ2) is 4.05. The minimum atomic E-state index is -2.69. The Bertz CT molecular complexity index is 367. The van der Waals surface area contributed by atoms with E-state index in [0.29, 0.717) is 0 Å². The molecule has 1 aromatic rings.